The molecule has 0 saturated carbocycles. The fraction of sp³-hybridized carbons (Fsp3) is 0.238. The van der Waals surface area contributed by atoms with Gasteiger partial charge in [-0.15, -0.1) is 0 Å². The minimum atomic E-state index is -1.18. The molecule has 9 nitrogen and oxygen atoms in total. The number of aromatic nitrogens is 5. The lowest BCUT2D eigenvalue weighted by molar-refractivity contribution is 0.143. The minimum Gasteiger partial charge on any atom is -0.399 e. The van der Waals surface area contributed by atoms with Crippen molar-refractivity contribution >= 4 is 22.5 Å². The highest BCUT2D eigenvalue weighted by atomic mass is 16.6. The molecule has 4 rings (SSSR count). The Morgan fingerprint density at radius 1 is 1.17 bits per heavy atom. The van der Waals surface area contributed by atoms with E-state index >= 15 is 0 Å². The quantitative estimate of drug-likeness (QED) is 0.350. The summed E-state index contributed by atoms with van der Waals surface area (Å²) < 4.78 is 6.70. The van der Waals surface area contributed by atoms with E-state index in [0.717, 1.165) is 11.1 Å². The monoisotopic (exact) mass is 403 g/mol. The van der Waals surface area contributed by atoms with Gasteiger partial charge in [-0.05, 0) is 55.2 Å². The van der Waals surface area contributed by atoms with E-state index in [9.17, 15) is 5.11 Å². The first kappa shape index (κ1) is 19.4. The largest absolute Gasteiger partial charge is 0.399 e. The second-order valence-corrected chi connectivity index (χ2v) is 7.34. The summed E-state index contributed by atoms with van der Waals surface area (Å²) in [4.78, 5) is 9.39. The maximum Gasteiger partial charge on any atom is 0.199 e. The average molecular weight is 403 g/mol. The fourth-order valence-electron chi connectivity index (χ4n) is 3.12. The number of nitrogens with zero attached hydrogens (tertiary/aromatic N) is 5. The van der Waals surface area contributed by atoms with Crippen LogP contribution in [0.3, 0.4) is 0 Å². The van der Waals surface area contributed by atoms with Gasteiger partial charge in [-0.1, -0.05) is 18.1 Å². The van der Waals surface area contributed by atoms with Crippen LogP contribution in [0.4, 0.5) is 11.5 Å². The van der Waals surface area contributed by atoms with Gasteiger partial charge < -0.3 is 21.1 Å². The van der Waals surface area contributed by atoms with Crippen molar-refractivity contribution in [2.45, 2.75) is 32.9 Å². The molecule has 0 aliphatic rings. The van der Waals surface area contributed by atoms with Crippen molar-refractivity contribution in [2.24, 2.45) is 0 Å². The molecule has 0 fully saturated rings. The lowest BCUT2D eigenvalue weighted by Gasteiger charge is -2.08. The first-order chi connectivity index (χ1) is 14.3. The SMILES string of the molecule is CCn1c(-c2nonc2N)nc2c(C#CC(C)(C)O)nc(-c3cccc(N)c3)cc21. The predicted molar refractivity (Wildman–Crippen MR) is 114 cm³/mol. The van der Waals surface area contributed by atoms with Gasteiger partial charge in [0.15, 0.2) is 17.3 Å². The van der Waals surface area contributed by atoms with Crippen LogP contribution in [0.15, 0.2) is 35.0 Å². The maximum atomic E-state index is 10.1. The Bertz CT molecular complexity index is 1300. The van der Waals surface area contributed by atoms with Gasteiger partial charge in [-0.2, -0.15) is 0 Å². The number of aliphatic hydroxyl groups is 1. The number of nitrogen functional groups attached to an aromatic ring is 2. The van der Waals surface area contributed by atoms with Gasteiger partial charge in [-0.3, -0.25) is 0 Å². The highest BCUT2D eigenvalue weighted by Crippen LogP contribution is 2.31. The standard InChI is InChI=1S/C21H21N7O2/c1-4-28-16-11-15(12-6-5-7-13(22)10-12)24-14(8-9-21(2,3)29)17(16)25-20(28)18-19(23)27-30-26-18/h5-7,10-11,29H,4,22H2,1-3H3,(H2,23,27). The molecule has 0 bridgehead atoms. The maximum absolute atomic E-state index is 10.1. The topological polar surface area (TPSA) is 142 Å². The lowest BCUT2D eigenvalue weighted by atomic mass is 10.1. The molecule has 9 heteroatoms. The molecule has 0 aliphatic carbocycles. The normalized spacial score (nSPS) is 11.5. The van der Waals surface area contributed by atoms with Crippen LogP contribution in [0.25, 0.3) is 33.8 Å². The number of hydrogen-bond donors (Lipinski definition) is 3. The van der Waals surface area contributed by atoms with Gasteiger partial charge in [0.1, 0.15) is 16.8 Å². The Hall–Kier alpha value is -3.90. The van der Waals surface area contributed by atoms with E-state index in [1.807, 2.05) is 41.8 Å². The number of nitrogens with two attached hydrogens (primary N) is 2. The average Bonchev–Trinajstić information content (AvgIpc) is 3.27. The highest BCUT2D eigenvalue weighted by Gasteiger charge is 2.21. The fourth-order valence-corrected chi connectivity index (χ4v) is 3.12. The highest BCUT2D eigenvalue weighted by molar-refractivity contribution is 5.88. The van der Waals surface area contributed by atoms with Crippen LogP contribution >= 0.6 is 0 Å². The smallest absolute Gasteiger partial charge is 0.199 e. The number of anilines is 2. The Morgan fingerprint density at radius 3 is 2.60 bits per heavy atom. The van der Waals surface area contributed by atoms with E-state index in [4.69, 9.17) is 21.1 Å². The molecule has 3 aromatic heterocycles. The molecule has 3 heterocycles. The first-order valence-electron chi connectivity index (χ1n) is 9.38. The summed E-state index contributed by atoms with van der Waals surface area (Å²) >= 11 is 0. The molecule has 0 atom stereocenters. The van der Waals surface area contributed by atoms with E-state index in [0.29, 0.717) is 40.7 Å². The van der Waals surface area contributed by atoms with Crippen molar-refractivity contribution in [2.75, 3.05) is 11.5 Å². The van der Waals surface area contributed by atoms with Crippen molar-refractivity contribution in [3.8, 4) is 34.6 Å². The Morgan fingerprint density at radius 2 is 1.97 bits per heavy atom. The summed E-state index contributed by atoms with van der Waals surface area (Å²) in [5, 5.41) is 17.6. The summed E-state index contributed by atoms with van der Waals surface area (Å²) in [7, 11) is 0. The van der Waals surface area contributed by atoms with Crippen LogP contribution in [-0.2, 0) is 6.54 Å². The molecular formula is C21H21N7O2. The Balaban J connectivity index is 2.04. The third-order valence-corrected chi connectivity index (χ3v) is 4.45. The first-order valence-corrected chi connectivity index (χ1v) is 9.38. The van der Waals surface area contributed by atoms with Crippen LogP contribution in [0.5, 0.6) is 0 Å². The van der Waals surface area contributed by atoms with Crippen LogP contribution in [0, 0.1) is 11.8 Å². The molecule has 152 valence electrons. The van der Waals surface area contributed by atoms with Gasteiger partial charge in [0.25, 0.3) is 0 Å². The molecule has 0 unspecified atom stereocenters. The van der Waals surface area contributed by atoms with Crippen LogP contribution in [0.2, 0.25) is 0 Å². The zero-order chi connectivity index (χ0) is 21.5. The van der Waals surface area contributed by atoms with Crippen molar-refractivity contribution < 1.29 is 9.74 Å². The van der Waals surface area contributed by atoms with E-state index in [2.05, 4.69) is 27.1 Å². The van der Waals surface area contributed by atoms with Crippen molar-refractivity contribution in [1.82, 2.24) is 24.8 Å². The third kappa shape index (κ3) is 3.56. The third-order valence-electron chi connectivity index (χ3n) is 4.45. The van der Waals surface area contributed by atoms with Crippen LogP contribution in [-0.4, -0.2) is 35.6 Å². The number of rotatable bonds is 3. The zero-order valence-corrected chi connectivity index (χ0v) is 16.8. The number of pyridine rings is 1. The number of benzene rings is 1. The van der Waals surface area contributed by atoms with E-state index < -0.39 is 5.60 Å². The molecular weight excluding hydrogens is 382 g/mol. The second kappa shape index (κ2) is 7.17. The van der Waals surface area contributed by atoms with E-state index in [-0.39, 0.29) is 5.82 Å². The second-order valence-electron chi connectivity index (χ2n) is 7.34. The van der Waals surface area contributed by atoms with Gasteiger partial charge >= 0.3 is 0 Å². The molecule has 0 saturated heterocycles. The number of fused-ring (bicyclic) bond motifs is 1. The zero-order valence-electron chi connectivity index (χ0n) is 16.8. The molecule has 0 amide bonds. The van der Waals surface area contributed by atoms with E-state index in [1.165, 1.54) is 0 Å². The summed E-state index contributed by atoms with van der Waals surface area (Å²) in [6.07, 6.45) is 0. The lowest BCUT2D eigenvalue weighted by Crippen LogP contribution is -2.14. The molecule has 4 aromatic rings. The van der Waals surface area contributed by atoms with Crippen molar-refractivity contribution in [3.63, 3.8) is 0 Å². The summed E-state index contributed by atoms with van der Waals surface area (Å²) in [6.45, 7) is 5.79. The van der Waals surface area contributed by atoms with Gasteiger partial charge in [0.2, 0.25) is 0 Å². The molecule has 0 aliphatic heterocycles. The van der Waals surface area contributed by atoms with Crippen LogP contribution in [0.1, 0.15) is 26.5 Å². The Labute approximate surface area is 172 Å². The number of aryl methyl sites for hydroxylation is 1. The summed E-state index contributed by atoms with van der Waals surface area (Å²) in [6, 6.07) is 9.36. The van der Waals surface area contributed by atoms with Crippen LogP contribution < -0.4 is 11.5 Å². The number of hydrogen-bond acceptors (Lipinski definition) is 8. The van der Waals surface area contributed by atoms with Crippen molar-refractivity contribution in [3.05, 3.63) is 36.0 Å². The molecule has 5 N–H and O–H groups in total. The van der Waals surface area contributed by atoms with Gasteiger partial charge in [0.05, 0.1) is 11.2 Å². The molecule has 30 heavy (non-hydrogen) atoms. The van der Waals surface area contributed by atoms with Gasteiger partial charge in [-0.25, -0.2) is 14.6 Å². The molecule has 0 spiro atoms. The Kier molecular flexibility index (Phi) is 4.64. The van der Waals surface area contributed by atoms with Gasteiger partial charge in [0, 0.05) is 17.8 Å². The van der Waals surface area contributed by atoms with Crippen molar-refractivity contribution in [1.29, 1.82) is 0 Å². The summed E-state index contributed by atoms with van der Waals surface area (Å²) in [5.74, 6) is 6.43. The summed E-state index contributed by atoms with van der Waals surface area (Å²) in [5.41, 5.74) is 15.0. The molecule has 1 aromatic carbocycles. The van der Waals surface area contributed by atoms with E-state index in [1.54, 1.807) is 13.8 Å². The number of imidazole rings is 1. The molecule has 0 radical (unpaired) electrons. The minimum absolute atomic E-state index is 0.146. The predicted octanol–water partition coefficient (Wildman–Crippen LogP) is 2.46.